The molecule has 0 spiro atoms. The van der Waals surface area contributed by atoms with Gasteiger partial charge in [-0.05, 0) is 17.5 Å². The Morgan fingerprint density at radius 2 is 2.21 bits per heavy atom. The number of carboxylic acids is 1. The Morgan fingerprint density at radius 1 is 1.32 bits per heavy atom. The molecule has 0 aliphatic rings. The van der Waals surface area contributed by atoms with Gasteiger partial charge in [0.1, 0.15) is 17.0 Å². The number of rotatable bonds is 3. The average Bonchev–Trinajstić information content (AvgIpc) is 2.85. The topological polar surface area (TPSA) is 72.3 Å². The van der Waals surface area contributed by atoms with Crippen LogP contribution in [0.25, 0.3) is 10.1 Å². The number of carbonyl (C=O) groups is 1. The maximum absolute atomic E-state index is 11.0. The van der Waals surface area contributed by atoms with Crippen LogP contribution in [0.5, 0.6) is 11.6 Å². The van der Waals surface area contributed by atoms with E-state index in [0.717, 1.165) is 10.1 Å². The van der Waals surface area contributed by atoms with Gasteiger partial charge in [0.2, 0.25) is 5.88 Å². The molecule has 19 heavy (non-hydrogen) atoms. The molecule has 3 rings (SSSR count). The lowest BCUT2D eigenvalue weighted by atomic mass is 10.2. The van der Waals surface area contributed by atoms with Crippen molar-refractivity contribution in [2.24, 2.45) is 0 Å². The number of thiophene rings is 1. The lowest BCUT2D eigenvalue weighted by Gasteiger charge is -2.04. The summed E-state index contributed by atoms with van der Waals surface area (Å²) in [6.07, 6.45) is 2.98. The molecule has 0 aliphatic carbocycles. The quantitative estimate of drug-likeness (QED) is 0.792. The highest BCUT2D eigenvalue weighted by Crippen LogP contribution is 2.35. The maximum atomic E-state index is 11.0. The second-order valence-corrected chi connectivity index (χ2v) is 4.79. The molecule has 1 aromatic carbocycles. The molecule has 0 bridgehead atoms. The van der Waals surface area contributed by atoms with Crippen LogP contribution in [0, 0.1) is 0 Å². The monoisotopic (exact) mass is 272 g/mol. The zero-order chi connectivity index (χ0) is 13.2. The van der Waals surface area contributed by atoms with Crippen LogP contribution in [0.2, 0.25) is 0 Å². The van der Waals surface area contributed by atoms with Crippen LogP contribution in [0.3, 0.4) is 0 Å². The van der Waals surface area contributed by atoms with Crippen LogP contribution >= 0.6 is 11.3 Å². The third-order valence-corrected chi connectivity index (χ3v) is 3.64. The van der Waals surface area contributed by atoms with Crippen molar-refractivity contribution in [3.05, 3.63) is 47.7 Å². The molecule has 3 aromatic rings. The van der Waals surface area contributed by atoms with E-state index in [-0.39, 0.29) is 4.88 Å². The zero-order valence-electron chi connectivity index (χ0n) is 9.61. The number of ether oxygens (including phenoxy) is 1. The van der Waals surface area contributed by atoms with E-state index >= 15 is 0 Å². The minimum atomic E-state index is -0.936. The SMILES string of the molecule is O=C(O)c1cc2cccc(Oc3ccncn3)c2s1. The Balaban J connectivity index is 2.06. The fraction of sp³-hybridized carbons (Fsp3) is 0. The van der Waals surface area contributed by atoms with E-state index in [1.165, 1.54) is 17.7 Å². The normalized spacial score (nSPS) is 10.5. The standard InChI is InChI=1S/C13H8N2O3S/c16-13(17)10-6-8-2-1-3-9(12(8)19-10)18-11-4-5-14-7-15-11/h1-7H,(H,16,17). The lowest BCUT2D eigenvalue weighted by molar-refractivity contribution is 0.0702. The number of aromatic nitrogens is 2. The Morgan fingerprint density at radius 3 is 2.95 bits per heavy atom. The molecule has 2 aromatic heterocycles. The molecular weight excluding hydrogens is 264 g/mol. The Kier molecular flexibility index (Phi) is 2.85. The Bertz CT molecular complexity index is 740. The minimum Gasteiger partial charge on any atom is -0.477 e. The van der Waals surface area contributed by atoms with Gasteiger partial charge in [-0.15, -0.1) is 11.3 Å². The molecule has 0 fully saturated rings. The summed E-state index contributed by atoms with van der Waals surface area (Å²) in [6.45, 7) is 0. The van der Waals surface area contributed by atoms with E-state index in [9.17, 15) is 4.79 Å². The van der Waals surface area contributed by atoms with Crippen molar-refractivity contribution in [1.82, 2.24) is 9.97 Å². The summed E-state index contributed by atoms with van der Waals surface area (Å²) in [5.74, 6) is 0.0793. The fourth-order valence-corrected chi connectivity index (χ4v) is 2.62. The third kappa shape index (κ3) is 2.25. The number of fused-ring (bicyclic) bond motifs is 1. The van der Waals surface area contributed by atoms with Crippen LogP contribution in [0.4, 0.5) is 0 Å². The molecule has 2 heterocycles. The molecule has 94 valence electrons. The third-order valence-electron chi connectivity index (χ3n) is 2.49. The van der Waals surface area contributed by atoms with Crippen molar-refractivity contribution < 1.29 is 14.6 Å². The predicted octanol–water partition coefficient (Wildman–Crippen LogP) is 3.18. The Hall–Kier alpha value is -2.47. The zero-order valence-corrected chi connectivity index (χ0v) is 10.4. The van der Waals surface area contributed by atoms with Crippen molar-refractivity contribution in [3.63, 3.8) is 0 Å². The van der Waals surface area contributed by atoms with E-state index < -0.39 is 5.97 Å². The van der Waals surface area contributed by atoms with Gasteiger partial charge >= 0.3 is 5.97 Å². The van der Waals surface area contributed by atoms with Crippen molar-refractivity contribution >= 4 is 27.4 Å². The summed E-state index contributed by atoms with van der Waals surface area (Å²) in [4.78, 5) is 19.1. The molecule has 0 atom stereocenters. The highest BCUT2D eigenvalue weighted by atomic mass is 32.1. The van der Waals surface area contributed by atoms with Gasteiger partial charge in [-0.2, -0.15) is 0 Å². The second-order valence-electron chi connectivity index (χ2n) is 3.74. The molecule has 5 nitrogen and oxygen atoms in total. The summed E-state index contributed by atoms with van der Waals surface area (Å²) in [7, 11) is 0. The minimum absolute atomic E-state index is 0.286. The summed E-state index contributed by atoms with van der Waals surface area (Å²) in [6, 6.07) is 8.73. The summed E-state index contributed by atoms with van der Waals surface area (Å²) < 4.78 is 6.44. The number of benzene rings is 1. The molecule has 0 radical (unpaired) electrons. The van der Waals surface area contributed by atoms with Crippen LogP contribution in [0.15, 0.2) is 42.9 Å². The molecule has 0 aliphatic heterocycles. The van der Waals surface area contributed by atoms with Crippen molar-refractivity contribution in [3.8, 4) is 11.6 Å². The van der Waals surface area contributed by atoms with Gasteiger partial charge in [-0.1, -0.05) is 12.1 Å². The van der Waals surface area contributed by atoms with E-state index in [0.29, 0.717) is 11.6 Å². The van der Waals surface area contributed by atoms with Crippen LogP contribution in [-0.2, 0) is 0 Å². The van der Waals surface area contributed by atoms with Gasteiger partial charge < -0.3 is 9.84 Å². The van der Waals surface area contributed by atoms with Crippen LogP contribution in [-0.4, -0.2) is 21.0 Å². The number of carboxylic acid groups (broad SMARTS) is 1. The van der Waals surface area contributed by atoms with E-state index in [1.807, 2.05) is 12.1 Å². The molecule has 6 heteroatoms. The van der Waals surface area contributed by atoms with E-state index in [4.69, 9.17) is 9.84 Å². The van der Waals surface area contributed by atoms with Gasteiger partial charge in [-0.25, -0.2) is 14.8 Å². The fourth-order valence-electron chi connectivity index (χ4n) is 1.67. The first-order valence-electron chi connectivity index (χ1n) is 5.44. The van der Waals surface area contributed by atoms with Gasteiger partial charge in [0.15, 0.2) is 0 Å². The van der Waals surface area contributed by atoms with E-state index in [1.54, 1.807) is 24.4 Å². The molecule has 0 amide bonds. The molecule has 0 saturated carbocycles. The molecule has 1 N–H and O–H groups in total. The number of hydrogen-bond donors (Lipinski definition) is 1. The largest absolute Gasteiger partial charge is 0.477 e. The average molecular weight is 272 g/mol. The molecular formula is C13H8N2O3S. The van der Waals surface area contributed by atoms with Gasteiger partial charge in [0.25, 0.3) is 0 Å². The summed E-state index contributed by atoms with van der Waals surface area (Å²) in [5.41, 5.74) is 0. The summed E-state index contributed by atoms with van der Waals surface area (Å²) in [5, 5.41) is 9.86. The predicted molar refractivity (Wildman–Crippen MR) is 70.9 cm³/mol. The highest BCUT2D eigenvalue weighted by molar-refractivity contribution is 7.21. The molecule has 0 saturated heterocycles. The van der Waals surface area contributed by atoms with Crippen molar-refractivity contribution in [1.29, 1.82) is 0 Å². The van der Waals surface area contributed by atoms with Gasteiger partial charge in [0, 0.05) is 12.3 Å². The summed E-state index contributed by atoms with van der Waals surface area (Å²) >= 11 is 1.18. The number of nitrogens with zero attached hydrogens (tertiary/aromatic N) is 2. The van der Waals surface area contributed by atoms with Gasteiger partial charge in [-0.3, -0.25) is 0 Å². The molecule has 0 unspecified atom stereocenters. The van der Waals surface area contributed by atoms with Gasteiger partial charge in [0.05, 0.1) is 4.70 Å². The van der Waals surface area contributed by atoms with Crippen molar-refractivity contribution in [2.45, 2.75) is 0 Å². The van der Waals surface area contributed by atoms with Crippen molar-refractivity contribution in [2.75, 3.05) is 0 Å². The van der Waals surface area contributed by atoms with Crippen LogP contribution in [0.1, 0.15) is 9.67 Å². The van der Waals surface area contributed by atoms with E-state index in [2.05, 4.69) is 9.97 Å². The Labute approximate surface area is 112 Å². The number of aromatic carboxylic acids is 1. The first-order chi connectivity index (χ1) is 9.24. The first kappa shape index (κ1) is 11.6. The number of hydrogen-bond acceptors (Lipinski definition) is 5. The smallest absolute Gasteiger partial charge is 0.345 e. The lowest BCUT2D eigenvalue weighted by Crippen LogP contribution is -1.89. The second kappa shape index (κ2) is 4.66. The van der Waals surface area contributed by atoms with Crippen LogP contribution < -0.4 is 4.74 Å². The first-order valence-corrected chi connectivity index (χ1v) is 6.25. The highest BCUT2D eigenvalue weighted by Gasteiger charge is 2.12. The maximum Gasteiger partial charge on any atom is 0.345 e.